The summed E-state index contributed by atoms with van der Waals surface area (Å²) in [5.41, 5.74) is 6.89. The average Bonchev–Trinajstić information content (AvgIpc) is 2.64. The third-order valence-corrected chi connectivity index (χ3v) is 5.88. The van der Waals surface area contributed by atoms with Crippen LogP contribution in [0.5, 0.6) is 0 Å². The van der Waals surface area contributed by atoms with Gasteiger partial charge in [0.2, 0.25) is 0 Å². The summed E-state index contributed by atoms with van der Waals surface area (Å²) in [6.45, 7) is 0. The Kier molecular flexibility index (Phi) is 4.22. The predicted octanol–water partition coefficient (Wildman–Crippen LogP) is 2.30. The van der Waals surface area contributed by atoms with Crippen molar-refractivity contribution in [3.63, 3.8) is 0 Å². The second-order valence-corrected chi connectivity index (χ2v) is 7.77. The highest BCUT2D eigenvalue weighted by atomic mass is 35.5. The molecule has 1 aliphatic heterocycles. The van der Waals surface area contributed by atoms with Gasteiger partial charge in [0.15, 0.2) is 9.84 Å². The fraction of sp³-hybridized carbons (Fsp3) is 0.500. The number of hydrogen-bond donors (Lipinski definition) is 1. The van der Waals surface area contributed by atoms with E-state index in [2.05, 4.69) is 0 Å². The lowest BCUT2D eigenvalue weighted by molar-refractivity contribution is 0.461. The van der Waals surface area contributed by atoms with Crippen molar-refractivity contribution >= 4 is 33.0 Å². The smallest absolute Gasteiger partial charge is 0.150 e. The first-order chi connectivity index (χ1) is 8.39. The maximum Gasteiger partial charge on any atom is 0.150 e. The van der Waals surface area contributed by atoms with Gasteiger partial charge >= 0.3 is 0 Å². The molecular weight excluding hydrogens is 293 g/mol. The van der Waals surface area contributed by atoms with Gasteiger partial charge in [0, 0.05) is 16.1 Å². The Morgan fingerprint density at radius 2 is 1.94 bits per heavy atom. The van der Waals surface area contributed by atoms with Gasteiger partial charge in [-0.1, -0.05) is 29.3 Å². The summed E-state index contributed by atoms with van der Waals surface area (Å²) in [5.74, 6) is 0.417. The molecule has 1 aromatic rings. The highest BCUT2D eigenvalue weighted by Crippen LogP contribution is 2.29. The van der Waals surface area contributed by atoms with Crippen LogP contribution in [0.4, 0.5) is 0 Å². The van der Waals surface area contributed by atoms with Crippen LogP contribution in [0.1, 0.15) is 12.0 Å². The zero-order chi connectivity index (χ0) is 13.3. The van der Waals surface area contributed by atoms with E-state index in [4.69, 9.17) is 28.9 Å². The van der Waals surface area contributed by atoms with Crippen LogP contribution in [0, 0.1) is 5.92 Å². The van der Waals surface area contributed by atoms with Crippen LogP contribution in [0.3, 0.4) is 0 Å². The van der Waals surface area contributed by atoms with Gasteiger partial charge in [-0.05, 0) is 36.5 Å². The quantitative estimate of drug-likeness (QED) is 0.932. The number of sulfone groups is 1. The fourth-order valence-electron chi connectivity index (χ4n) is 2.29. The molecule has 0 aliphatic carbocycles. The van der Waals surface area contributed by atoms with Gasteiger partial charge in [0.05, 0.1) is 11.5 Å². The normalized spacial score (nSPS) is 24.1. The minimum absolute atomic E-state index is 0.00217. The molecule has 3 nitrogen and oxygen atoms in total. The van der Waals surface area contributed by atoms with E-state index in [1.807, 2.05) is 0 Å². The summed E-state index contributed by atoms with van der Waals surface area (Å²) >= 11 is 12.2. The van der Waals surface area contributed by atoms with E-state index in [1.54, 1.807) is 18.2 Å². The second kappa shape index (κ2) is 5.37. The average molecular weight is 308 g/mol. The van der Waals surface area contributed by atoms with Gasteiger partial charge in [0.1, 0.15) is 0 Å². The Labute approximate surface area is 117 Å². The van der Waals surface area contributed by atoms with E-state index >= 15 is 0 Å². The molecule has 2 atom stereocenters. The van der Waals surface area contributed by atoms with Crippen LogP contribution in [0.15, 0.2) is 18.2 Å². The molecule has 1 heterocycles. The maximum absolute atomic E-state index is 11.4. The summed E-state index contributed by atoms with van der Waals surface area (Å²) in [7, 11) is -2.90. The van der Waals surface area contributed by atoms with E-state index < -0.39 is 9.84 Å². The SMILES string of the molecule is NC(Cc1c(Cl)cccc1Cl)C1CCS(=O)(=O)C1. The lowest BCUT2D eigenvalue weighted by Gasteiger charge is -2.19. The molecule has 2 N–H and O–H groups in total. The summed E-state index contributed by atoms with van der Waals surface area (Å²) in [5, 5.41) is 1.16. The highest BCUT2D eigenvalue weighted by Gasteiger charge is 2.32. The second-order valence-electron chi connectivity index (χ2n) is 4.73. The lowest BCUT2D eigenvalue weighted by Crippen LogP contribution is -2.33. The highest BCUT2D eigenvalue weighted by molar-refractivity contribution is 7.91. The zero-order valence-electron chi connectivity index (χ0n) is 9.77. The molecular formula is C12H15Cl2NO2S. The monoisotopic (exact) mass is 307 g/mol. The summed E-state index contributed by atoms with van der Waals surface area (Å²) in [6.07, 6.45) is 1.14. The third-order valence-electron chi connectivity index (χ3n) is 3.37. The van der Waals surface area contributed by atoms with Crippen molar-refractivity contribution < 1.29 is 8.42 Å². The van der Waals surface area contributed by atoms with Gasteiger partial charge in [-0.15, -0.1) is 0 Å². The Morgan fingerprint density at radius 3 is 2.44 bits per heavy atom. The third kappa shape index (κ3) is 3.18. The minimum atomic E-state index is -2.90. The molecule has 18 heavy (non-hydrogen) atoms. The van der Waals surface area contributed by atoms with E-state index in [9.17, 15) is 8.42 Å². The molecule has 100 valence electrons. The van der Waals surface area contributed by atoms with Crippen LogP contribution < -0.4 is 5.73 Å². The molecule has 2 rings (SSSR count). The Balaban J connectivity index is 2.10. The van der Waals surface area contributed by atoms with Crippen LogP contribution in [0.2, 0.25) is 10.0 Å². The van der Waals surface area contributed by atoms with E-state index in [1.165, 1.54) is 0 Å². The van der Waals surface area contributed by atoms with Crippen LogP contribution in [-0.2, 0) is 16.3 Å². The van der Waals surface area contributed by atoms with Gasteiger partial charge in [-0.2, -0.15) is 0 Å². The molecule has 0 aromatic heterocycles. The Hall–Kier alpha value is -0.290. The van der Waals surface area contributed by atoms with Gasteiger partial charge in [-0.25, -0.2) is 8.42 Å². The first-order valence-electron chi connectivity index (χ1n) is 5.78. The van der Waals surface area contributed by atoms with Crippen LogP contribution in [0.25, 0.3) is 0 Å². The summed E-state index contributed by atoms with van der Waals surface area (Å²) < 4.78 is 22.8. The zero-order valence-corrected chi connectivity index (χ0v) is 12.1. The van der Waals surface area contributed by atoms with Crippen molar-refractivity contribution in [1.29, 1.82) is 0 Å². The Bertz CT molecular complexity index is 525. The van der Waals surface area contributed by atoms with Crippen molar-refractivity contribution in [2.75, 3.05) is 11.5 Å². The van der Waals surface area contributed by atoms with Gasteiger partial charge in [-0.3, -0.25) is 0 Å². The number of nitrogens with two attached hydrogens (primary N) is 1. The molecule has 1 saturated heterocycles. The van der Waals surface area contributed by atoms with Gasteiger partial charge in [0.25, 0.3) is 0 Å². The molecule has 0 bridgehead atoms. The standard InChI is InChI=1S/C12H15Cl2NO2S/c13-10-2-1-3-11(14)9(10)6-12(15)8-4-5-18(16,17)7-8/h1-3,8,12H,4-7,15H2. The Morgan fingerprint density at radius 1 is 1.33 bits per heavy atom. The topological polar surface area (TPSA) is 60.2 Å². The number of halogens is 2. The molecule has 0 spiro atoms. The molecule has 0 amide bonds. The van der Waals surface area contributed by atoms with Crippen LogP contribution in [-0.4, -0.2) is 26.0 Å². The number of hydrogen-bond acceptors (Lipinski definition) is 3. The minimum Gasteiger partial charge on any atom is -0.327 e. The molecule has 1 fully saturated rings. The first-order valence-corrected chi connectivity index (χ1v) is 8.35. The molecule has 2 unspecified atom stereocenters. The van der Waals surface area contributed by atoms with E-state index in [0.29, 0.717) is 22.9 Å². The van der Waals surface area contributed by atoms with Crippen molar-refractivity contribution in [2.24, 2.45) is 11.7 Å². The van der Waals surface area contributed by atoms with E-state index in [-0.39, 0.29) is 23.5 Å². The summed E-state index contributed by atoms with van der Waals surface area (Å²) in [4.78, 5) is 0. The summed E-state index contributed by atoms with van der Waals surface area (Å²) in [6, 6.07) is 5.08. The number of rotatable bonds is 3. The molecule has 1 aromatic carbocycles. The molecule has 1 aliphatic rings. The first kappa shape index (κ1) is 14.1. The largest absolute Gasteiger partial charge is 0.327 e. The van der Waals surface area contributed by atoms with Crippen molar-refractivity contribution in [3.05, 3.63) is 33.8 Å². The predicted molar refractivity (Wildman–Crippen MR) is 74.9 cm³/mol. The van der Waals surface area contributed by atoms with Crippen molar-refractivity contribution in [1.82, 2.24) is 0 Å². The van der Waals surface area contributed by atoms with Gasteiger partial charge < -0.3 is 5.73 Å². The van der Waals surface area contributed by atoms with Crippen LogP contribution >= 0.6 is 23.2 Å². The van der Waals surface area contributed by atoms with E-state index in [0.717, 1.165) is 5.56 Å². The van der Waals surface area contributed by atoms with Crippen molar-refractivity contribution in [3.8, 4) is 0 Å². The molecule has 0 saturated carbocycles. The number of benzene rings is 1. The van der Waals surface area contributed by atoms with Crippen molar-refractivity contribution in [2.45, 2.75) is 18.9 Å². The molecule has 0 radical (unpaired) electrons. The fourth-order valence-corrected chi connectivity index (χ4v) is 4.74. The molecule has 6 heteroatoms. The maximum atomic E-state index is 11.4. The lowest BCUT2D eigenvalue weighted by atomic mass is 9.94.